The van der Waals surface area contributed by atoms with Crippen molar-refractivity contribution in [2.24, 2.45) is 0 Å². The predicted molar refractivity (Wildman–Crippen MR) is 119 cm³/mol. The van der Waals surface area contributed by atoms with Gasteiger partial charge in [-0.05, 0) is 39.0 Å². The molecule has 1 fully saturated rings. The number of aromatic nitrogens is 3. The summed E-state index contributed by atoms with van der Waals surface area (Å²) in [5.74, 6) is 1.75. The Bertz CT molecular complexity index is 992. The first-order chi connectivity index (χ1) is 14.6. The maximum absolute atomic E-state index is 13.0. The number of nitrogens with zero attached hydrogens (tertiary/aromatic N) is 5. The monoisotopic (exact) mass is 425 g/mol. The van der Waals surface area contributed by atoms with Crippen LogP contribution in [0.25, 0.3) is 11.4 Å². The molecule has 0 spiro atoms. The Kier molecular flexibility index (Phi) is 6.13. The first kappa shape index (κ1) is 20.5. The van der Waals surface area contributed by atoms with Gasteiger partial charge >= 0.3 is 0 Å². The van der Waals surface area contributed by atoms with Gasteiger partial charge in [0.05, 0.1) is 17.1 Å². The summed E-state index contributed by atoms with van der Waals surface area (Å²) in [6.45, 7) is 9.82. The van der Waals surface area contributed by atoms with E-state index in [1.54, 1.807) is 6.26 Å². The Balaban J connectivity index is 1.40. The summed E-state index contributed by atoms with van der Waals surface area (Å²) in [5, 5.41) is 9.26. The molecular formula is C22H27N5O2S. The van der Waals surface area contributed by atoms with Gasteiger partial charge in [0.1, 0.15) is 5.76 Å². The highest BCUT2D eigenvalue weighted by atomic mass is 32.2. The molecule has 1 aliphatic heterocycles. The highest BCUT2D eigenvalue weighted by Crippen LogP contribution is 2.29. The van der Waals surface area contributed by atoms with Crippen LogP contribution in [0.15, 0.2) is 52.2 Å². The standard InChI is InChI=1S/C22H27N5O2S/c1-4-27-20(19-10-15-29-16(19)2)23-24-22(27)30-17(3)21(28)26-13-11-25(12-14-26)18-8-6-5-7-9-18/h5-10,15,17H,4,11-14H2,1-3H3/t17-/m0/s1. The number of para-hydroxylation sites is 1. The van der Waals surface area contributed by atoms with Crippen LogP contribution in [-0.4, -0.2) is 57.0 Å². The summed E-state index contributed by atoms with van der Waals surface area (Å²) >= 11 is 1.47. The van der Waals surface area contributed by atoms with Crippen molar-refractivity contribution in [3.05, 3.63) is 48.4 Å². The highest BCUT2D eigenvalue weighted by molar-refractivity contribution is 8.00. The van der Waals surface area contributed by atoms with Gasteiger partial charge in [0.2, 0.25) is 5.91 Å². The number of hydrogen-bond acceptors (Lipinski definition) is 6. The summed E-state index contributed by atoms with van der Waals surface area (Å²) in [6.07, 6.45) is 1.66. The Hall–Kier alpha value is -2.74. The van der Waals surface area contributed by atoms with E-state index < -0.39 is 0 Å². The van der Waals surface area contributed by atoms with E-state index in [1.807, 2.05) is 35.4 Å². The Morgan fingerprint density at radius 1 is 1.13 bits per heavy atom. The quantitative estimate of drug-likeness (QED) is 0.561. The normalized spacial score (nSPS) is 15.4. The molecule has 3 heterocycles. The molecule has 0 bridgehead atoms. The van der Waals surface area contributed by atoms with Gasteiger partial charge < -0.3 is 18.8 Å². The van der Waals surface area contributed by atoms with Gasteiger partial charge in [-0.3, -0.25) is 4.79 Å². The van der Waals surface area contributed by atoms with E-state index in [9.17, 15) is 4.79 Å². The molecule has 2 aromatic heterocycles. The van der Waals surface area contributed by atoms with E-state index in [2.05, 4.69) is 46.3 Å². The van der Waals surface area contributed by atoms with Crippen molar-refractivity contribution in [3.63, 3.8) is 0 Å². The summed E-state index contributed by atoms with van der Waals surface area (Å²) in [4.78, 5) is 17.3. The molecule has 1 aromatic carbocycles. The van der Waals surface area contributed by atoms with E-state index in [4.69, 9.17) is 4.42 Å². The molecule has 3 aromatic rings. The van der Waals surface area contributed by atoms with Crippen molar-refractivity contribution in [3.8, 4) is 11.4 Å². The van der Waals surface area contributed by atoms with Crippen molar-refractivity contribution < 1.29 is 9.21 Å². The average Bonchev–Trinajstić information content (AvgIpc) is 3.39. The SMILES string of the molecule is CCn1c(S[C@@H](C)C(=O)N2CCN(c3ccccc3)CC2)nnc1-c1ccoc1C. The Morgan fingerprint density at radius 3 is 2.50 bits per heavy atom. The molecule has 1 atom stereocenters. The number of thioether (sulfide) groups is 1. The van der Waals surface area contributed by atoms with Gasteiger partial charge in [-0.2, -0.15) is 0 Å². The van der Waals surface area contributed by atoms with E-state index >= 15 is 0 Å². The maximum Gasteiger partial charge on any atom is 0.236 e. The van der Waals surface area contributed by atoms with Crippen LogP contribution >= 0.6 is 11.8 Å². The second-order valence-corrected chi connectivity index (χ2v) is 8.66. The first-order valence-corrected chi connectivity index (χ1v) is 11.2. The fourth-order valence-electron chi connectivity index (χ4n) is 3.77. The fraction of sp³-hybridized carbons (Fsp3) is 0.409. The maximum atomic E-state index is 13.0. The molecule has 158 valence electrons. The number of anilines is 1. The smallest absolute Gasteiger partial charge is 0.236 e. The lowest BCUT2D eigenvalue weighted by atomic mass is 10.2. The molecule has 0 aliphatic carbocycles. The lowest BCUT2D eigenvalue weighted by Crippen LogP contribution is -2.50. The molecule has 0 N–H and O–H groups in total. The van der Waals surface area contributed by atoms with Crippen molar-refractivity contribution in [1.29, 1.82) is 0 Å². The molecule has 0 unspecified atom stereocenters. The minimum Gasteiger partial charge on any atom is -0.469 e. The fourth-order valence-corrected chi connectivity index (χ4v) is 4.76. The minimum atomic E-state index is -0.221. The Labute approximate surface area is 181 Å². The molecule has 30 heavy (non-hydrogen) atoms. The number of benzene rings is 1. The molecule has 0 radical (unpaired) electrons. The molecule has 1 aliphatic rings. The number of rotatable bonds is 6. The molecule has 1 amide bonds. The summed E-state index contributed by atoms with van der Waals surface area (Å²) < 4.78 is 7.46. The number of furan rings is 1. The van der Waals surface area contributed by atoms with Gasteiger partial charge in [-0.1, -0.05) is 30.0 Å². The van der Waals surface area contributed by atoms with Crippen LogP contribution in [0.3, 0.4) is 0 Å². The third-order valence-electron chi connectivity index (χ3n) is 5.48. The van der Waals surface area contributed by atoms with Crippen LogP contribution in [0, 0.1) is 6.92 Å². The van der Waals surface area contributed by atoms with Gasteiger partial charge in [-0.25, -0.2) is 0 Å². The minimum absolute atomic E-state index is 0.152. The molecular weight excluding hydrogens is 398 g/mol. The molecule has 7 nitrogen and oxygen atoms in total. The van der Waals surface area contributed by atoms with Crippen LogP contribution in [0.2, 0.25) is 0 Å². The second-order valence-electron chi connectivity index (χ2n) is 7.35. The number of piperazine rings is 1. The van der Waals surface area contributed by atoms with Gasteiger partial charge in [0.15, 0.2) is 11.0 Å². The third-order valence-corrected chi connectivity index (χ3v) is 6.54. The zero-order valence-corrected chi connectivity index (χ0v) is 18.4. The van der Waals surface area contributed by atoms with Crippen LogP contribution in [0.4, 0.5) is 5.69 Å². The Morgan fingerprint density at radius 2 is 1.87 bits per heavy atom. The first-order valence-electron chi connectivity index (χ1n) is 10.3. The molecule has 0 saturated carbocycles. The molecule has 4 rings (SSSR count). The highest BCUT2D eigenvalue weighted by Gasteiger charge is 2.27. The van der Waals surface area contributed by atoms with Crippen LogP contribution in [-0.2, 0) is 11.3 Å². The van der Waals surface area contributed by atoms with Crippen molar-refractivity contribution in [2.45, 2.75) is 37.7 Å². The molecule has 8 heteroatoms. The number of hydrogen-bond donors (Lipinski definition) is 0. The average molecular weight is 426 g/mol. The van der Waals surface area contributed by atoms with Crippen molar-refractivity contribution in [1.82, 2.24) is 19.7 Å². The van der Waals surface area contributed by atoms with E-state index in [0.717, 1.165) is 55.0 Å². The van der Waals surface area contributed by atoms with Crippen molar-refractivity contribution in [2.75, 3.05) is 31.1 Å². The number of aryl methyl sites for hydroxylation is 1. The number of carbonyl (C=O) groups is 1. The van der Waals surface area contributed by atoms with E-state index in [1.165, 1.54) is 17.4 Å². The zero-order chi connectivity index (χ0) is 21.1. The summed E-state index contributed by atoms with van der Waals surface area (Å²) in [5.41, 5.74) is 2.15. The van der Waals surface area contributed by atoms with Gasteiger partial charge in [-0.15, -0.1) is 10.2 Å². The number of amides is 1. The van der Waals surface area contributed by atoms with E-state index in [0.29, 0.717) is 0 Å². The van der Waals surface area contributed by atoms with E-state index in [-0.39, 0.29) is 11.2 Å². The van der Waals surface area contributed by atoms with Crippen LogP contribution in [0.5, 0.6) is 0 Å². The van der Waals surface area contributed by atoms with Crippen LogP contribution in [0.1, 0.15) is 19.6 Å². The zero-order valence-electron chi connectivity index (χ0n) is 17.6. The van der Waals surface area contributed by atoms with Crippen molar-refractivity contribution >= 4 is 23.4 Å². The lowest BCUT2D eigenvalue weighted by Gasteiger charge is -2.37. The largest absolute Gasteiger partial charge is 0.469 e. The van der Waals surface area contributed by atoms with Crippen LogP contribution < -0.4 is 4.90 Å². The van der Waals surface area contributed by atoms with Gasteiger partial charge in [0.25, 0.3) is 0 Å². The third kappa shape index (κ3) is 4.09. The summed E-state index contributed by atoms with van der Waals surface area (Å²) in [6, 6.07) is 12.3. The molecule has 1 saturated heterocycles. The summed E-state index contributed by atoms with van der Waals surface area (Å²) in [7, 11) is 0. The lowest BCUT2D eigenvalue weighted by molar-refractivity contribution is -0.130. The topological polar surface area (TPSA) is 67.4 Å². The predicted octanol–water partition coefficient (Wildman–Crippen LogP) is 3.70. The second kappa shape index (κ2) is 8.95. The van der Waals surface area contributed by atoms with Gasteiger partial charge in [0, 0.05) is 38.4 Å². The number of carbonyl (C=O) groups excluding carboxylic acids is 1.